The van der Waals surface area contributed by atoms with Crippen molar-refractivity contribution in [2.45, 2.75) is 13.3 Å². The maximum Gasteiger partial charge on any atom is 0.317 e. The Morgan fingerprint density at radius 1 is 1.32 bits per heavy atom. The van der Waals surface area contributed by atoms with Crippen LogP contribution in [0, 0.1) is 6.92 Å². The number of amides is 3. The summed E-state index contributed by atoms with van der Waals surface area (Å²) in [7, 11) is 0. The molecule has 1 fully saturated rings. The third-order valence-corrected chi connectivity index (χ3v) is 4.82. The lowest BCUT2D eigenvalue weighted by molar-refractivity contribution is -0.116. The lowest BCUT2D eigenvalue weighted by Gasteiger charge is -2.26. The molecule has 0 unspecified atom stereocenters. The predicted molar refractivity (Wildman–Crippen MR) is 91.7 cm³/mol. The average molecular weight is 342 g/mol. The van der Waals surface area contributed by atoms with Gasteiger partial charge in [0.25, 0.3) is 0 Å². The van der Waals surface area contributed by atoms with Gasteiger partial charge in [-0.05, 0) is 24.6 Å². The number of rotatable bonds is 4. The molecule has 5 nitrogen and oxygen atoms in total. The van der Waals surface area contributed by atoms with Crippen molar-refractivity contribution in [2.75, 3.05) is 36.5 Å². The topological polar surface area (TPSA) is 61.4 Å². The maximum atomic E-state index is 11.9. The molecule has 0 bridgehead atoms. The van der Waals surface area contributed by atoms with E-state index in [1.54, 1.807) is 17.0 Å². The minimum absolute atomic E-state index is 0.0907. The first-order valence-electron chi connectivity index (χ1n) is 7.23. The van der Waals surface area contributed by atoms with Gasteiger partial charge in [-0.25, -0.2) is 4.79 Å². The molecule has 3 amide bonds. The zero-order valence-corrected chi connectivity index (χ0v) is 14.1. The van der Waals surface area contributed by atoms with E-state index in [0.29, 0.717) is 17.3 Å². The van der Waals surface area contributed by atoms with E-state index in [1.807, 2.05) is 24.8 Å². The summed E-state index contributed by atoms with van der Waals surface area (Å²) in [6, 6.07) is 5.29. The van der Waals surface area contributed by atoms with E-state index in [1.165, 1.54) is 0 Å². The fourth-order valence-corrected chi connectivity index (χ4v) is 3.19. The molecule has 1 saturated heterocycles. The number of carbonyl (C=O) groups is 2. The number of urea groups is 1. The van der Waals surface area contributed by atoms with Gasteiger partial charge in [0.1, 0.15) is 0 Å². The van der Waals surface area contributed by atoms with Crippen LogP contribution >= 0.6 is 23.4 Å². The fourth-order valence-electron chi connectivity index (χ4n) is 2.12. The molecule has 0 atom stereocenters. The summed E-state index contributed by atoms with van der Waals surface area (Å²) in [6.07, 6.45) is 0.236. The lowest BCUT2D eigenvalue weighted by Crippen LogP contribution is -2.45. The highest BCUT2D eigenvalue weighted by molar-refractivity contribution is 7.99. The van der Waals surface area contributed by atoms with Crippen molar-refractivity contribution in [2.24, 2.45) is 0 Å². The van der Waals surface area contributed by atoms with Gasteiger partial charge in [0.05, 0.1) is 0 Å². The number of carbonyl (C=O) groups excluding carboxylic acids is 2. The molecular weight excluding hydrogens is 322 g/mol. The van der Waals surface area contributed by atoms with Crippen LogP contribution in [0.2, 0.25) is 5.02 Å². The highest BCUT2D eigenvalue weighted by Gasteiger charge is 2.16. The largest absolute Gasteiger partial charge is 0.337 e. The van der Waals surface area contributed by atoms with Crippen molar-refractivity contribution >= 4 is 41.0 Å². The van der Waals surface area contributed by atoms with E-state index >= 15 is 0 Å². The van der Waals surface area contributed by atoms with Crippen molar-refractivity contribution in [3.8, 4) is 0 Å². The van der Waals surface area contributed by atoms with Crippen LogP contribution < -0.4 is 10.6 Å². The Hall–Kier alpha value is -1.40. The molecule has 2 rings (SSSR count). The summed E-state index contributed by atoms with van der Waals surface area (Å²) in [6.45, 7) is 3.72. The van der Waals surface area contributed by atoms with E-state index in [0.717, 1.165) is 30.2 Å². The van der Waals surface area contributed by atoms with Crippen LogP contribution in [-0.4, -0.2) is 48.0 Å². The minimum Gasteiger partial charge on any atom is -0.337 e. The normalized spacial score (nSPS) is 14.5. The molecule has 1 aromatic carbocycles. The summed E-state index contributed by atoms with van der Waals surface area (Å²) < 4.78 is 0. The number of nitrogens with zero attached hydrogens (tertiary/aromatic N) is 1. The molecule has 1 aromatic rings. The molecule has 1 aliphatic rings. The van der Waals surface area contributed by atoms with Crippen molar-refractivity contribution < 1.29 is 9.59 Å². The van der Waals surface area contributed by atoms with Gasteiger partial charge in [0, 0.05) is 48.3 Å². The van der Waals surface area contributed by atoms with Crippen molar-refractivity contribution in [1.29, 1.82) is 0 Å². The molecule has 7 heteroatoms. The zero-order valence-electron chi connectivity index (χ0n) is 12.5. The molecule has 1 aliphatic heterocycles. The predicted octanol–water partition coefficient (Wildman–Crippen LogP) is 2.74. The Morgan fingerprint density at radius 3 is 2.77 bits per heavy atom. The summed E-state index contributed by atoms with van der Waals surface area (Å²) in [5.74, 6) is 1.81. The number of benzene rings is 1. The third kappa shape index (κ3) is 4.81. The monoisotopic (exact) mass is 341 g/mol. The standard InChI is InChI=1S/C15H20ClN3O2S/c1-11-12(16)3-2-4-13(11)18-14(20)5-6-17-15(21)19-7-9-22-10-8-19/h2-4H,5-10H2,1H3,(H,17,21)(H,18,20). The highest BCUT2D eigenvalue weighted by atomic mass is 35.5. The summed E-state index contributed by atoms with van der Waals surface area (Å²) in [5.41, 5.74) is 1.55. The van der Waals surface area contributed by atoms with Gasteiger partial charge in [0.2, 0.25) is 5.91 Å². The van der Waals surface area contributed by atoms with Gasteiger partial charge in [0.15, 0.2) is 0 Å². The quantitative estimate of drug-likeness (QED) is 0.885. The number of nitrogens with one attached hydrogen (secondary N) is 2. The molecule has 1 heterocycles. The van der Waals surface area contributed by atoms with Gasteiger partial charge < -0.3 is 15.5 Å². The van der Waals surface area contributed by atoms with Crippen molar-refractivity contribution in [3.05, 3.63) is 28.8 Å². The van der Waals surface area contributed by atoms with Crippen molar-refractivity contribution in [1.82, 2.24) is 10.2 Å². The number of hydrogen-bond acceptors (Lipinski definition) is 3. The molecule has 0 radical (unpaired) electrons. The molecule has 22 heavy (non-hydrogen) atoms. The zero-order chi connectivity index (χ0) is 15.9. The molecule has 0 aliphatic carbocycles. The van der Waals surface area contributed by atoms with E-state index in [4.69, 9.17) is 11.6 Å². The Kier molecular flexibility index (Phi) is 6.39. The Balaban J connectivity index is 1.73. The molecular formula is C15H20ClN3O2S. The van der Waals surface area contributed by atoms with Crippen LogP contribution in [0.4, 0.5) is 10.5 Å². The van der Waals surface area contributed by atoms with E-state index < -0.39 is 0 Å². The Bertz CT molecular complexity index is 548. The van der Waals surface area contributed by atoms with Crippen molar-refractivity contribution in [3.63, 3.8) is 0 Å². The number of hydrogen-bond donors (Lipinski definition) is 2. The minimum atomic E-state index is -0.139. The SMILES string of the molecule is Cc1c(Cl)cccc1NC(=O)CCNC(=O)N1CCSCC1. The lowest BCUT2D eigenvalue weighted by atomic mass is 10.2. The second kappa shape index (κ2) is 8.29. The third-order valence-electron chi connectivity index (χ3n) is 3.47. The van der Waals surface area contributed by atoms with Gasteiger partial charge in [-0.1, -0.05) is 17.7 Å². The highest BCUT2D eigenvalue weighted by Crippen LogP contribution is 2.22. The molecule has 0 spiro atoms. The summed E-state index contributed by atoms with van der Waals surface area (Å²) >= 11 is 7.87. The molecule has 0 aromatic heterocycles. The first-order valence-corrected chi connectivity index (χ1v) is 8.76. The maximum absolute atomic E-state index is 11.9. The van der Waals surface area contributed by atoms with Crippen LogP contribution in [0.3, 0.4) is 0 Å². The van der Waals surface area contributed by atoms with Gasteiger partial charge >= 0.3 is 6.03 Å². The Morgan fingerprint density at radius 2 is 2.05 bits per heavy atom. The van der Waals surface area contributed by atoms with E-state index in [9.17, 15) is 9.59 Å². The number of anilines is 1. The molecule has 2 N–H and O–H groups in total. The first-order chi connectivity index (χ1) is 10.6. The smallest absolute Gasteiger partial charge is 0.317 e. The van der Waals surface area contributed by atoms with Crippen LogP contribution in [0.1, 0.15) is 12.0 Å². The number of thioether (sulfide) groups is 1. The fraction of sp³-hybridized carbons (Fsp3) is 0.467. The summed E-state index contributed by atoms with van der Waals surface area (Å²) in [4.78, 5) is 25.6. The molecule has 120 valence electrons. The second-order valence-electron chi connectivity index (χ2n) is 5.04. The van der Waals surface area contributed by atoms with E-state index in [2.05, 4.69) is 10.6 Å². The van der Waals surface area contributed by atoms with Crippen LogP contribution in [0.25, 0.3) is 0 Å². The van der Waals surface area contributed by atoms with Crippen LogP contribution in [0.5, 0.6) is 0 Å². The molecule has 0 saturated carbocycles. The average Bonchev–Trinajstić information content (AvgIpc) is 2.52. The number of halogens is 1. The van der Waals surface area contributed by atoms with E-state index in [-0.39, 0.29) is 18.4 Å². The Labute approximate surface area is 139 Å². The summed E-state index contributed by atoms with van der Waals surface area (Å²) in [5, 5.41) is 6.22. The van der Waals surface area contributed by atoms with Gasteiger partial charge in [-0.3, -0.25) is 4.79 Å². The van der Waals surface area contributed by atoms with Crippen LogP contribution in [0.15, 0.2) is 18.2 Å². The second-order valence-corrected chi connectivity index (χ2v) is 6.67. The van der Waals surface area contributed by atoms with Gasteiger partial charge in [-0.2, -0.15) is 11.8 Å². The van der Waals surface area contributed by atoms with Crippen LogP contribution in [-0.2, 0) is 4.79 Å². The first kappa shape index (κ1) is 17.0. The van der Waals surface area contributed by atoms with Gasteiger partial charge in [-0.15, -0.1) is 0 Å².